The highest BCUT2D eigenvalue weighted by atomic mass is 19.1. The van der Waals surface area contributed by atoms with E-state index in [-0.39, 0.29) is 12.0 Å². The van der Waals surface area contributed by atoms with Crippen molar-refractivity contribution in [3.05, 3.63) is 59.8 Å². The Bertz CT molecular complexity index is 683. The molecule has 3 nitrogen and oxygen atoms in total. The summed E-state index contributed by atoms with van der Waals surface area (Å²) in [4.78, 5) is 0. The summed E-state index contributed by atoms with van der Waals surface area (Å²) < 4.78 is 33.1. The van der Waals surface area contributed by atoms with Crippen molar-refractivity contribution >= 4 is 0 Å². The van der Waals surface area contributed by atoms with Crippen molar-refractivity contribution in [1.82, 2.24) is 10.6 Å². The van der Waals surface area contributed by atoms with E-state index in [1.54, 1.807) is 12.2 Å². The summed E-state index contributed by atoms with van der Waals surface area (Å²) in [6, 6.07) is 0. The van der Waals surface area contributed by atoms with Gasteiger partial charge in [0, 0.05) is 32.0 Å². The topological polar surface area (TPSA) is 33.3 Å². The van der Waals surface area contributed by atoms with Crippen molar-refractivity contribution in [2.45, 2.75) is 63.4 Å². The molecule has 0 saturated carbocycles. The molecule has 4 unspecified atom stereocenters. The molecule has 0 fully saturated rings. The van der Waals surface area contributed by atoms with Crippen LogP contribution in [-0.4, -0.2) is 51.2 Å². The van der Waals surface area contributed by atoms with E-state index in [1.165, 1.54) is 18.4 Å². The maximum Gasteiger partial charge on any atom is 0.122 e. The molecular weight excluding hydrogens is 394 g/mol. The molecule has 0 saturated heterocycles. The van der Waals surface area contributed by atoms with Gasteiger partial charge in [0.25, 0.3) is 0 Å². The molecule has 31 heavy (non-hydrogen) atoms. The maximum atomic E-state index is 13.5. The Balaban J connectivity index is 1.29. The van der Waals surface area contributed by atoms with Crippen LogP contribution in [0.1, 0.15) is 44.9 Å². The largest absolute Gasteiger partial charge is 0.372 e. The minimum Gasteiger partial charge on any atom is -0.372 e. The van der Waals surface area contributed by atoms with Crippen molar-refractivity contribution in [3.8, 4) is 0 Å². The monoisotopic (exact) mass is 432 g/mol. The number of alkyl halides is 2. The van der Waals surface area contributed by atoms with Gasteiger partial charge in [-0.2, -0.15) is 0 Å². The fourth-order valence-electron chi connectivity index (χ4n) is 4.30. The lowest BCUT2D eigenvalue weighted by Gasteiger charge is -2.30. The molecule has 4 atom stereocenters. The van der Waals surface area contributed by atoms with Crippen LogP contribution in [0.4, 0.5) is 8.78 Å². The average Bonchev–Trinajstić information content (AvgIpc) is 2.80. The van der Waals surface area contributed by atoms with E-state index < -0.39 is 12.3 Å². The van der Waals surface area contributed by atoms with Gasteiger partial charge >= 0.3 is 0 Å². The first-order valence-electron chi connectivity index (χ1n) is 12.0. The number of nitrogens with one attached hydrogen (secondary N) is 2. The van der Waals surface area contributed by atoms with Crippen LogP contribution in [0.5, 0.6) is 0 Å². The lowest BCUT2D eigenvalue weighted by atomic mass is 9.85. The summed E-state index contributed by atoms with van der Waals surface area (Å²) in [7, 11) is 0. The van der Waals surface area contributed by atoms with Crippen LogP contribution >= 0.6 is 0 Å². The highest BCUT2D eigenvalue weighted by Crippen LogP contribution is 2.30. The first-order chi connectivity index (χ1) is 15.2. The zero-order valence-corrected chi connectivity index (χ0v) is 18.6. The summed E-state index contributed by atoms with van der Waals surface area (Å²) in [5, 5.41) is 6.90. The number of allylic oxidation sites excluding steroid dienone is 7. The minimum absolute atomic E-state index is 0.129. The summed E-state index contributed by atoms with van der Waals surface area (Å²) in [6.07, 6.45) is 20.3. The predicted molar refractivity (Wildman–Crippen MR) is 125 cm³/mol. The molecule has 0 aromatic heterocycles. The fourth-order valence-corrected chi connectivity index (χ4v) is 4.30. The van der Waals surface area contributed by atoms with Gasteiger partial charge in [0.15, 0.2) is 0 Å². The van der Waals surface area contributed by atoms with Crippen LogP contribution in [0.15, 0.2) is 59.8 Å². The van der Waals surface area contributed by atoms with Crippen molar-refractivity contribution in [2.24, 2.45) is 5.92 Å². The van der Waals surface area contributed by atoms with Gasteiger partial charge in [-0.05, 0) is 50.6 Å². The summed E-state index contributed by atoms with van der Waals surface area (Å²) >= 11 is 0. The third kappa shape index (κ3) is 8.83. The highest BCUT2D eigenvalue weighted by Gasteiger charge is 2.27. The second kappa shape index (κ2) is 13.8. The van der Waals surface area contributed by atoms with Crippen LogP contribution in [0, 0.1) is 5.92 Å². The first-order valence-corrected chi connectivity index (χ1v) is 12.0. The molecule has 0 heterocycles. The Morgan fingerprint density at radius 3 is 2.48 bits per heavy atom. The summed E-state index contributed by atoms with van der Waals surface area (Å²) in [5.74, 6) is 0.148. The van der Waals surface area contributed by atoms with E-state index >= 15 is 0 Å². The Morgan fingerprint density at radius 2 is 1.77 bits per heavy atom. The zero-order chi connectivity index (χ0) is 21.7. The van der Waals surface area contributed by atoms with Gasteiger partial charge in [-0.25, -0.2) is 8.78 Å². The van der Waals surface area contributed by atoms with Gasteiger partial charge in [0.05, 0.1) is 12.7 Å². The van der Waals surface area contributed by atoms with Crippen LogP contribution in [0.25, 0.3) is 0 Å². The molecule has 0 radical (unpaired) electrons. The smallest absolute Gasteiger partial charge is 0.122 e. The van der Waals surface area contributed by atoms with Crippen LogP contribution in [-0.2, 0) is 4.74 Å². The molecule has 0 bridgehead atoms. The normalized spacial score (nSPS) is 26.6. The van der Waals surface area contributed by atoms with E-state index in [1.807, 2.05) is 18.2 Å². The number of hydrogen-bond acceptors (Lipinski definition) is 3. The molecule has 0 aliphatic heterocycles. The molecule has 172 valence electrons. The van der Waals surface area contributed by atoms with Gasteiger partial charge in [0.2, 0.25) is 0 Å². The molecule has 3 aliphatic rings. The first kappa shape index (κ1) is 24.1. The highest BCUT2D eigenvalue weighted by molar-refractivity contribution is 5.30. The second-order valence-electron chi connectivity index (χ2n) is 8.61. The van der Waals surface area contributed by atoms with Gasteiger partial charge in [-0.3, -0.25) is 0 Å². The van der Waals surface area contributed by atoms with Crippen LogP contribution in [0.3, 0.4) is 0 Å². The SMILES string of the molecule is FC1C=CC(C(OCCNCCNCCCC2=CCCC=C2)C2C=CC(F)CC2)=CC1. The minimum atomic E-state index is -0.911. The predicted octanol–water partition coefficient (Wildman–Crippen LogP) is 5.14. The molecule has 3 rings (SSSR count). The maximum absolute atomic E-state index is 13.5. The van der Waals surface area contributed by atoms with Gasteiger partial charge in [-0.15, -0.1) is 0 Å². The van der Waals surface area contributed by atoms with E-state index in [4.69, 9.17) is 4.74 Å². The summed E-state index contributed by atoms with van der Waals surface area (Å²) in [5.41, 5.74) is 2.49. The lowest BCUT2D eigenvalue weighted by molar-refractivity contribution is 0.0475. The fraction of sp³-hybridized carbons (Fsp3) is 0.615. The molecule has 5 heteroatoms. The molecule has 0 amide bonds. The molecule has 2 N–H and O–H groups in total. The third-order valence-corrected chi connectivity index (χ3v) is 6.08. The Morgan fingerprint density at radius 1 is 0.903 bits per heavy atom. The van der Waals surface area contributed by atoms with Crippen molar-refractivity contribution in [2.75, 3.05) is 32.8 Å². The van der Waals surface area contributed by atoms with Gasteiger partial charge in [-0.1, -0.05) is 54.2 Å². The van der Waals surface area contributed by atoms with E-state index in [0.717, 1.165) is 51.0 Å². The van der Waals surface area contributed by atoms with E-state index in [2.05, 4.69) is 28.9 Å². The van der Waals surface area contributed by atoms with Crippen molar-refractivity contribution < 1.29 is 13.5 Å². The third-order valence-electron chi connectivity index (χ3n) is 6.08. The van der Waals surface area contributed by atoms with E-state index in [9.17, 15) is 8.78 Å². The number of halogens is 2. The van der Waals surface area contributed by atoms with Crippen LogP contribution in [0.2, 0.25) is 0 Å². The van der Waals surface area contributed by atoms with Crippen LogP contribution < -0.4 is 10.6 Å². The van der Waals surface area contributed by atoms with Gasteiger partial charge < -0.3 is 15.4 Å². The molecule has 3 aliphatic carbocycles. The zero-order valence-electron chi connectivity index (χ0n) is 18.6. The van der Waals surface area contributed by atoms with E-state index in [0.29, 0.717) is 19.4 Å². The molecule has 0 aromatic rings. The average molecular weight is 433 g/mol. The van der Waals surface area contributed by atoms with Crippen molar-refractivity contribution in [1.29, 1.82) is 0 Å². The molecule has 0 aromatic carbocycles. The Hall–Kier alpha value is -1.56. The molecular formula is C26H38F2N2O. The molecule has 0 spiro atoms. The number of rotatable bonds is 13. The van der Waals surface area contributed by atoms with Gasteiger partial charge in [0.1, 0.15) is 12.3 Å². The standard InChI is InChI=1S/C26H38F2N2O/c27-24-12-8-22(9-13-24)26(23-10-14-25(28)15-11-23)31-20-19-30-18-17-29-16-4-7-21-5-2-1-3-6-21/h2,5-6,8-10,12,14,23-26,29-30H,1,3-4,7,11,13,15-20H2. The summed E-state index contributed by atoms with van der Waals surface area (Å²) in [6.45, 7) is 4.22. The van der Waals surface area contributed by atoms with Crippen molar-refractivity contribution in [3.63, 3.8) is 0 Å². The second-order valence-corrected chi connectivity index (χ2v) is 8.61. The number of hydrogen-bond donors (Lipinski definition) is 2. The number of ether oxygens (including phenoxy) is 1. The Labute approximate surface area is 186 Å². The quantitative estimate of drug-likeness (QED) is 0.312. The Kier molecular flexibility index (Phi) is 10.7. The lowest BCUT2D eigenvalue weighted by Crippen LogP contribution is -2.33.